The van der Waals surface area contributed by atoms with E-state index in [9.17, 15) is 38.4 Å². The zero-order valence-corrected chi connectivity index (χ0v) is 24.8. The van der Waals surface area contributed by atoms with Crippen LogP contribution in [-0.2, 0) is 47.7 Å². The van der Waals surface area contributed by atoms with Gasteiger partial charge in [0.05, 0.1) is 0 Å². The Kier molecular flexibility index (Phi) is 12.4. The lowest BCUT2D eigenvalue weighted by Gasteiger charge is -2.34. The molecular weight excluding hydrogens is 580 g/mol. The lowest BCUT2D eigenvalue weighted by molar-refractivity contribution is -0.198. The highest BCUT2D eigenvalue weighted by Crippen LogP contribution is 2.23. The fourth-order valence-electron chi connectivity index (χ4n) is 3.94. The maximum Gasteiger partial charge on any atom is 0.303 e. The fourth-order valence-corrected chi connectivity index (χ4v) is 3.94. The summed E-state index contributed by atoms with van der Waals surface area (Å²) in [5.41, 5.74) is 0.651. The van der Waals surface area contributed by atoms with E-state index in [0.29, 0.717) is 0 Å². The third-order valence-corrected chi connectivity index (χ3v) is 5.70. The van der Waals surface area contributed by atoms with E-state index in [2.05, 4.69) is 10.6 Å². The van der Waals surface area contributed by atoms with Crippen molar-refractivity contribution < 1.29 is 57.3 Å². The first-order valence-electron chi connectivity index (χ1n) is 13.1. The Morgan fingerprint density at radius 3 is 1.09 bits per heavy atom. The van der Waals surface area contributed by atoms with Crippen LogP contribution in [0.5, 0.6) is 0 Å². The summed E-state index contributed by atoms with van der Waals surface area (Å²) in [5.74, 6) is -7.00. The highest BCUT2D eigenvalue weighted by molar-refractivity contribution is 6.00. The molecule has 0 saturated heterocycles. The van der Waals surface area contributed by atoms with E-state index in [4.69, 9.17) is 18.9 Å². The SMILES string of the molecule is CC(=O)OC(C(=O)Nc1cccc(C(C)=O)c1)C(OC(C)=O)C(OC(C)=O)C(OC(C)=O)C(=O)Nc1cccc(C(C)=O)c1. The minimum absolute atomic E-state index is 0.0881. The molecule has 0 aliphatic rings. The van der Waals surface area contributed by atoms with E-state index in [1.165, 1.54) is 62.4 Å². The molecule has 0 radical (unpaired) electrons. The summed E-state index contributed by atoms with van der Waals surface area (Å²) in [4.78, 5) is 99.3. The van der Waals surface area contributed by atoms with Gasteiger partial charge in [-0.15, -0.1) is 0 Å². The molecule has 0 spiro atoms. The number of amides is 2. The number of nitrogens with one attached hydrogen (secondary N) is 2. The Hall–Kier alpha value is -5.40. The summed E-state index contributed by atoms with van der Waals surface area (Å²) < 4.78 is 20.9. The number of carbonyl (C=O) groups excluding carboxylic acids is 8. The van der Waals surface area contributed by atoms with Crippen LogP contribution < -0.4 is 10.6 Å². The van der Waals surface area contributed by atoms with Crippen LogP contribution in [0.4, 0.5) is 11.4 Å². The van der Waals surface area contributed by atoms with Crippen LogP contribution in [0.3, 0.4) is 0 Å². The van der Waals surface area contributed by atoms with Crippen LogP contribution in [0.15, 0.2) is 48.5 Å². The molecule has 0 fully saturated rings. The van der Waals surface area contributed by atoms with Crippen molar-refractivity contribution in [2.75, 3.05) is 10.6 Å². The van der Waals surface area contributed by atoms with Crippen LogP contribution in [0.1, 0.15) is 62.3 Å². The fraction of sp³-hybridized carbons (Fsp3) is 0.333. The summed E-state index contributed by atoms with van der Waals surface area (Å²) in [6.07, 6.45) is -8.24. The minimum Gasteiger partial charge on any atom is -0.454 e. The predicted molar refractivity (Wildman–Crippen MR) is 152 cm³/mol. The third kappa shape index (κ3) is 10.5. The number of hydrogen-bond donors (Lipinski definition) is 2. The monoisotopic (exact) mass is 612 g/mol. The Bertz CT molecular complexity index is 1360. The highest BCUT2D eigenvalue weighted by atomic mass is 16.6. The van der Waals surface area contributed by atoms with Gasteiger partial charge in [0.1, 0.15) is 0 Å². The molecular formula is C30H32N2O12. The van der Waals surface area contributed by atoms with Crippen molar-refractivity contribution in [3.8, 4) is 0 Å². The van der Waals surface area contributed by atoms with E-state index < -0.39 is 60.1 Å². The molecule has 14 heteroatoms. The van der Waals surface area contributed by atoms with Crippen LogP contribution >= 0.6 is 0 Å². The largest absolute Gasteiger partial charge is 0.454 e. The van der Waals surface area contributed by atoms with Gasteiger partial charge in [-0.2, -0.15) is 0 Å². The van der Waals surface area contributed by atoms with Gasteiger partial charge in [-0.25, -0.2) is 0 Å². The summed E-state index contributed by atoms with van der Waals surface area (Å²) in [6.45, 7) is 6.37. The van der Waals surface area contributed by atoms with Gasteiger partial charge in [-0.3, -0.25) is 38.4 Å². The molecule has 0 aliphatic carbocycles. The number of ether oxygens (including phenoxy) is 4. The summed E-state index contributed by atoms with van der Waals surface area (Å²) in [5, 5.41) is 4.86. The molecule has 0 bridgehead atoms. The molecule has 2 aromatic carbocycles. The van der Waals surface area contributed by atoms with Gasteiger partial charge >= 0.3 is 23.9 Å². The second-order valence-corrected chi connectivity index (χ2v) is 9.46. The van der Waals surface area contributed by atoms with Crippen molar-refractivity contribution in [1.29, 1.82) is 0 Å². The van der Waals surface area contributed by atoms with Crippen LogP contribution in [0, 0.1) is 0 Å². The van der Waals surface area contributed by atoms with E-state index in [-0.39, 0.29) is 34.1 Å². The zero-order chi connectivity index (χ0) is 33.1. The minimum atomic E-state index is -2.08. The normalized spacial score (nSPS) is 13.1. The third-order valence-electron chi connectivity index (χ3n) is 5.70. The lowest BCUT2D eigenvalue weighted by Crippen LogP contribution is -2.57. The Morgan fingerprint density at radius 2 is 0.818 bits per heavy atom. The molecule has 0 heterocycles. The number of benzene rings is 2. The van der Waals surface area contributed by atoms with Crippen LogP contribution in [0.2, 0.25) is 0 Å². The second kappa shape index (κ2) is 15.7. The summed E-state index contributed by atoms with van der Waals surface area (Å²) in [6, 6.07) is 11.4. The van der Waals surface area contributed by atoms with E-state index in [1.54, 1.807) is 0 Å². The van der Waals surface area contributed by atoms with Gasteiger partial charge < -0.3 is 29.6 Å². The standard InChI is InChI=1S/C30H32N2O12/c1-15(33)21-9-7-11-23(13-21)31-29(39)27(43-19(5)37)25(41-17(3)35)26(42-18(4)36)28(44-20(6)38)30(40)32-24-12-8-10-22(14-24)16(2)34/h7-14,25-28H,1-6H3,(H,31,39)(H,32,40). The number of anilines is 2. The van der Waals surface area contributed by atoms with Gasteiger partial charge in [0, 0.05) is 50.2 Å². The number of Topliss-reactive ketones (excluding diaryl/α,β-unsaturated/α-hetero) is 2. The molecule has 4 atom stereocenters. The zero-order valence-electron chi connectivity index (χ0n) is 24.8. The molecule has 0 saturated carbocycles. The lowest BCUT2D eigenvalue weighted by atomic mass is 9.99. The molecule has 14 nitrogen and oxygen atoms in total. The van der Waals surface area contributed by atoms with Gasteiger partial charge in [-0.1, -0.05) is 24.3 Å². The number of ketones is 2. The molecule has 2 rings (SSSR count). The Morgan fingerprint density at radius 1 is 0.500 bits per heavy atom. The van der Waals surface area contributed by atoms with Gasteiger partial charge in [0.15, 0.2) is 23.8 Å². The molecule has 0 aromatic heterocycles. The van der Waals surface area contributed by atoms with Crippen molar-refractivity contribution in [3.63, 3.8) is 0 Å². The molecule has 234 valence electrons. The molecule has 0 aliphatic heterocycles. The van der Waals surface area contributed by atoms with Crippen molar-refractivity contribution >= 4 is 58.6 Å². The van der Waals surface area contributed by atoms with Crippen molar-refractivity contribution in [1.82, 2.24) is 0 Å². The molecule has 44 heavy (non-hydrogen) atoms. The topological polar surface area (TPSA) is 198 Å². The summed E-state index contributed by atoms with van der Waals surface area (Å²) in [7, 11) is 0. The van der Waals surface area contributed by atoms with Crippen LogP contribution in [0.25, 0.3) is 0 Å². The number of hydrogen-bond acceptors (Lipinski definition) is 12. The van der Waals surface area contributed by atoms with Gasteiger partial charge in [0.2, 0.25) is 12.2 Å². The van der Waals surface area contributed by atoms with Gasteiger partial charge in [-0.05, 0) is 38.1 Å². The van der Waals surface area contributed by atoms with E-state index >= 15 is 0 Å². The van der Waals surface area contributed by atoms with Gasteiger partial charge in [0.25, 0.3) is 11.8 Å². The number of esters is 4. The first kappa shape index (κ1) is 34.8. The first-order valence-corrected chi connectivity index (χ1v) is 13.1. The smallest absolute Gasteiger partial charge is 0.303 e. The second-order valence-electron chi connectivity index (χ2n) is 9.46. The Labute approximate surface area is 252 Å². The molecule has 2 amide bonds. The average molecular weight is 613 g/mol. The summed E-state index contributed by atoms with van der Waals surface area (Å²) >= 11 is 0. The predicted octanol–water partition coefficient (Wildman–Crippen LogP) is 2.40. The number of rotatable bonds is 13. The van der Waals surface area contributed by atoms with Crippen LogP contribution in [-0.4, -0.2) is 71.7 Å². The first-order chi connectivity index (χ1) is 20.6. The maximum atomic E-state index is 13.5. The average Bonchev–Trinajstić information content (AvgIpc) is 2.92. The van der Waals surface area contributed by atoms with E-state index in [0.717, 1.165) is 27.7 Å². The van der Waals surface area contributed by atoms with Crippen molar-refractivity contribution in [2.45, 2.75) is 66.0 Å². The Balaban J connectivity index is 2.63. The molecule has 2 aromatic rings. The molecule has 4 unspecified atom stereocenters. The quantitative estimate of drug-likeness (QED) is 0.191. The maximum absolute atomic E-state index is 13.5. The van der Waals surface area contributed by atoms with Crippen molar-refractivity contribution in [3.05, 3.63) is 59.7 Å². The highest BCUT2D eigenvalue weighted by Gasteiger charge is 2.49. The van der Waals surface area contributed by atoms with Crippen molar-refractivity contribution in [2.24, 2.45) is 0 Å². The molecule has 2 N–H and O–H groups in total. The number of carbonyl (C=O) groups is 8. The van der Waals surface area contributed by atoms with E-state index in [1.807, 2.05) is 0 Å².